The Morgan fingerprint density at radius 1 is 1.19 bits per heavy atom. The number of carbonyl (C=O) groups is 2. The number of amides is 2. The normalized spacial score (nSPS) is 25.0. The molecule has 2 saturated heterocycles. The molecule has 3 aliphatic rings. The van der Waals surface area contributed by atoms with Gasteiger partial charge in [-0.3, -0.25) is 9.59 Å². The van der Waals surface area contributed by atoms with Gasteiger partial charge in [-0.05, 0) is 37.0 Å². The predicted octanol–water partition coefficient (Wildman–Crippen LogP) is 1.09. The van der Waals surface area contributed by atoms with E-state index in [1.807, 2.05) is 20.8 Å². The second-order valence-electron chi connectivity index (χ2n) is 11.5. The number of nitrogens with zero attached hydrogens (tertiary/aromatic N) is 5. The number of piperidine rings is 1. The van der Waals surface area contributed by atoms with Gasteiger partial charge in [0.2, 0.25) is 11.8 Å². The molecule has 1 aliphatic carbocycles. The lowest BCUT2D eigenvalue weighted by Crippen LogP contribution is -2.51. The number of hydrogen-bond donors (Lipinski definition) is 2. The van der Waals surface area contributed by atoms with E-state index in [2.05, 4.69) is 15.6 Å². The van der Waals surface area contributed by atoms with Crippen molar-refractivity contribution in [3.63, 3.8) is 0 Å². The Bertz CT molecular complexity index is 1100. The molecule has 4 rings (SSSR count). The second kappa shape index (κ2) is 10.5. The second-order valence-corrected chi connectivity index (χ2v) is 13.4. The van der Waals surface area contributed by atoms with Crippen molar-refractivity contribution < 1.29 is 31.9 Å². The van der Waals surface area contributed by atoms with Gasteiger partial charge in [-0.25, -0.2) is 13.1 Å². The molecule has 1 saturated carbocycles. The van der Waals surface area contributed by atoms with E-state index >= 15 is 0 Å². The number of carbonyl (C=O) groups excluding carboxylic acids is 2. The van der Waals surface area contributed by atoms with Crippen molar-refractivity contribution in [2.45, 2.75) is 82.7 Å². The standard InChI is InChI=1S/C23H36F2N6O5S/c1-23(2,3)19(31-13-17(27-28-31)15-4-5-15)21(34)30-12-16(32)10-18(30)20(33)26-11-14-6-8-29(9-7-14)37(35,36)22(24)25/h13-16,18-19,22,32H,4-12H2,1-3H3,(H,26,33)/t16?,18?,19-/m1/s1. The van der Waals surface area contributed by atoms with Gasteiger partial charge in [0.15, 0.2) is 0 Å². The molecule has 2 unspecified atom stereocenters. The first kappa shape index (κ1) is 27.8. The quantitative estimate of drug-likeness (QED) is 0.498. The third-order valence-electron chi connectivity index (χ3n) is 7.43. The van der Waals surface area contributed by atoms with Crippen LogP contribution in [0, 0.1) is 11.3 Å². The molecule has 14 heteroatoms. The molecule has 3 heterocycles. The Kier molecular flexibility index (Phi) is 7.92. The SMILES string of the molecule is CC(C)(C)[C@@H](C(=O)N1CC(O)CC1C(=O)NCC1CCN(S(=O)(=O)C(F)F)CC1)n1cc(C2CC2)nn1. The van der Waals surface area contributed by atoms with Crippen LogP contribution < -0.4 is 5.32 Å². The van der Waals surface area contributed by atoms with Crippen LogP contribution in [0.4, 0.5) is 8.78 Å². The van der Waals surface area contributed by atoms with Crippen LogP contribution in [-0.4, -0.2) is 93.6 Å². The highest BCUT2D eigenvalue weighted by molar-refractivity contribution is 7.89. The molecule has 0 aromatic carbocycles. The zero-order valence-corrected chi connectivity index (χ0v) is 22.2. The first-order valence-electron chi connectivity index (χ1n) is 12.7. The van der Waals surface area contributed by atoms with Crippen LogP contribution >= 0.6 is 0 Å². The summed E-state index contributed by atoms with van der Waals surface area (Å²) in [5, 5.41) is 21.6. The maximum atomic E-state index is 13.8. The van der Waals surface area contributed by atoms with Crippen LogP contribution in [0.25, 0.3) is 0 Å². The van der Waals surface area contributed by atoms with Crippen molar-refractivity contribution in [2.24, 2.45) is 11.3 Å². The molecular weight excluding hydrogens is 510 g/mol. The lowest BCUT2D eigenvalue weighted by atomic mass is 9.85. The molecule has 2 N–H and O–H groups in total. The maximum absolute atomic E-state index is 13.8. The average molecular weight is 547 g/mol. The number of alkyl halides is 2. The molecule has 0 bridgehead atoms. The zero-order chi connectivity index (χ0) is 27.1. The molecule has 208 valence electrons. The van der Waals surface area contributed by atoms with Crippen molar-refractivity contribution in [3.8, 4) is 0 Å². The third-order valence-corrected chi connectivity index (χ3v) is 8.97. The van der Waals surface area contributed by atoms with E-state index in [1.54, 1.807) is 10.9 Å². The number of aliphatic hydroxyl groups is 1. The van der Waals surface area contributed by atoms with E-state index in [4.69, 9.17) is 0 Å². The van der Waals surface area contributed by atoms with Crippen LogP contribution in [0.3, 0.4) is 0 Å². The summed E-state index contributed by atoms with van der Waals surface area (Å²) in [4.78, 5) is 28.3. The lowest BCUT2D eigenvalue weighted by molar-refractivity contribution is -0.144. The average Bonchev–Trinajstić information content (AvgIpc) is 3.43. The molecule has 0 spiro atoms. The van der Waals surface area contributed by atoms with Gasteiger partial charge in [-0.15, -0.1) is 5.10 Å². The summed E-state index contributed by atoms with van der Waals surface area (Å²) in [5.74, 6) is -3.88. The molecule has 37 heavy (non-hydrogen) atoms. The summed E-state index contributed by atoms with van der Waals surface area (Å²) in [7, 11) is -4.60. The number of aromatic nitrogens is 3. The number of aliphatic hydroxyl groups excluding tert-OH is 1. The van der Waals surface area contributed by atoms with Crippen LogP contribution in [-0.2, 0) is 19.6 Å². The monoisotopic (exact) mass is 546 g/mol. The van der Waals surface area contributed by atoms with Gasteiger partial charge < -0.3 is 15.3 Å². The van der Waals surface area contributed by atoms with E-state index in [-0.39, 0.29) is 44.4 Å². The van der Waals surface area contributed by atoms with E-state index in [0.717, 1.165) is 22.8 Å². The molecule has 0 radical (unpaired) electrons. The van der Waals surface area contributed by atoms with Crippen LogP contribution in [0.1, 0.15) is 70.5 Å². The maximum Gasteiger partial charge on any atom is 0.350 e. The van der Waals surface area contributed by atoms with Crippen molar-refractivity contribution in [2.75, 3.05) is 26.2 Å². The molecule has 3 fully saturated rings. The summed E-state index contributed by atoms with van der Waals surface area (Å²) in [6.45, 7) is 5.93. The van der Waals surface area contributed by atoms with Crippen molar-refractivity contribution >= 4 is 21.8 Å². The first-order chi connectivity index (χ1) is 17.3. The largest absolute Gasteiger partial charge is 0.391 e. The Morgan fingerprint density at radius 2 is 1.84 bits per heavy atom. The molecular formula is C23H36F2N6O5S. The topological polar surface area (TPSA) is 138 Å². The fourth-order valence-corrected chi connectivity index (χ4v) is 6.11. The van der Waals surface area contributed by atoms with Gasteiger partial charge in [-0.2, -0.15) is 13.1 Å². The van der Waals surface area contributed by atoms with Crippen molar-refractivity contribution in [1.82, 2.24) is 29.5 Å². The number of likely N-dealkylation sites (tertiary alicyclic amines) is 1. The molecule has 11 nitrogen and oxygen atoms in total. The molecule has 1 aromatic rings. The Balaban J connectivity index is 1.39. The molecule has 3 atom stereocenters. The number of nitrogens with one attached hydrogen (secondary N) is 1. The fourth-order valence-electron chi connectivity index (χ4n) is 5.17. The number of rotatable bonds is 8. The minimum absolute atomic E-state index is 0.0254. The molecule has 2 aliphatic heterocycles. The summed E-state index contributed by atoms with van der Waals surface area (Å²) in [6.07, 6.45) is 3.83. The highest BCUT2D eigenvalue weighted by Gasteiger charge is 2.45. The Labute approximate surface area is 215 Å². The fraction of sp³-hybridized carbons (Fsp3) is 0.826. The Hall–Kier alpha value is -2.19. The Morgan fingerprint density at radius 3 is 2.41 bits per heavy atom. The minimum atomic E-state index is -4.60. The van der Waals surface area contributed by atoms with Crippen molar-refractivity contribution in [3.05, 3.63) is 11.9 Å². The summed E-state index contributed by atoms with van der Waals surface area (Å²) in [6, 6.07) is -1.58. The highest BCUT2D eigenvalue weighted by Crippen LogP contribution is 2.40. The van der Waals surface area contributed by atoms with E-state index in [1.165, 1.54) is 4.90 Å². The number of hydrogen-bond acceptors (Lipinski definition) is 7. The van der Waals surface area contributed by atoms with E-state index in [9.17, 15) is 31.9 Å². The van der Waals surface area contributed by atoms with Gasteiger partial charge in [0, 0.05) is 44.7 Å². The van der Waals surface area contributed by atoms with Gasteiger partial charge in [-0.1, -0.05) is 26.0 Å². The van der Waals surface area contributed by atoms with Gasteiger partial charge in [0.25, 0.3) is 10.0 Å². The van der Waals surface area contributed by atoms with Crippen molar-refractivity contribution in [1.29, 1.82) is 0 Å². The predicted molar refractivity (Wildman–Crippen MR) is 129 cm³/mol. The van der Waals surface area contributed by atoms with Crippen LogP contribution in [0.15, 0.2) is 6.20 Å². The first-order valence-corrected chi connectivity index (χ1v) is 14.2. The summed E-state index contributed by atoms with van der Waals surface area (Å²) < 4.78 is 51.2. The van der Waals surface area contributed by atoms with Gasteiger partial charge in [0.1, 0.15) is 12.1 Å². The smallest absolute Gasteiger partial charge is 0.350 e. The number of halogens is 2. The third kappa shape index (κ3) is 6.11. The zero-order valence-electron chi connectivity index (χ0n) is 21.4. The highest BCUT2D eigenvalue weighted by atomic mass is 32.2. The molecule has 2 amide bonds. The number of sulfonamides is 1. The van der Waals surface area contributed by atoms with Gasteiger partial charge in [0.05, 0.1) is 11.8 Å². The summed E-state index contributed by atoms with van der Waals surface area (Å²) in [5.41, 5.74) is 0.317. The van der Waals surface area contributed by atoms with E-state index < -0.39 is 45.3 Å². The van der Waals surface area contributed by atoms with E-state index in [0.29, 0.717) is 18.8 Å². The lowest BCUT2D eigenvalue weighted by Gasteiger charge is -2.35. The number of β-amino-alcohol motifs (C(OH)–C–C–N with tert-alkyl or cyclic N) is 1. The van der Waals surface area contributed by atoms with Crippen LogP contribution in [0.5, 0.6) is 0 Å². The minimum Gasteiger partial charge on any atom is -0.391 e. The van der Waals surface area contributed by atoms with Crippen LogP contribution in [0.2, 0.25) is 0 Å². The summed E-state index contributed by atoms with van der Waals surface area (Å²) >= 11 is 0. The molecule has 1 aromatic heterocycles. The van der Waals surface area contributed by atoms with Gasteiger partial charge >= 0.3 is 5.76 Å².